The van der Waals surface area contributed by atoms with Crippen molar-refractivity contribution in [3.8, 4) is 0 Å². The summed E-state index contributed by atoms with van der Waals surface area (Å²) in [5.74, 6) is 0.714. The van der Waals surface area contributed by atoms with Gasteiger partial charge in [0.15, 0.2) is 0 Å². The number of hydrogen-bond acceptors (Lipinski definition) is 5. The number of nitrogens with zero attached hydrogens (tertiary/aromatic N) is 3. The third-order valence-electron chi connectivity index (χ3n) is 2.89. The van der Waals surface area contributed by atoms with E-state index in [4.69, 9.17) is 5.73 Å². The number of nitrogens with two attached hydrogens (primary N) is 1. The zero-order valence-corrected chi connectivity index (χ0v) is 9.95. The molecule has 3 N–H and O–H groups in total. The molecule has 16 heavy (non-hydrogen) atoms. The maximum Gasteiger partial charge on any atom is 0.223 e. The summed E-state index contributed by atoms with van der Waals surface area (Å²) < 4.78 is 0. The average Bonchev–Trinajstić information content (AvgIpc) is 2.27. The Balaban J connectivity index is 2.24. The first-order valence-electron chi connectivity index (χ1n) is 5.69. The van der Waals surface area contributed by atoms with Crippen molar-refractivity contribution < 1.29 is 0 Å². The Morgan fingerprint density at radius 3 is 3.00 bits per heavy atom. The summed E-state index contributed by atoms with van der Waals surface area (Å²) in [7, 11) is 2.13. The third-order valence-corrected chi connectivity index (χ3v) is 2.89. The van der Waals surface area contributed by atoms with Gasteiger partial charge in [-0.25, -0.2) is 9.97 Å². The highest BCUT2D eigenvalue weighted by Gasteiger charge is 2.18. The van der Waals surface area contributed by atoms with E-state index in [9.17, 15) is 0 Å². The second kappa shape index (κ2) is 4.76. The smallest absolute Gasteiger partial charge is 0.223 e. The molecule has 1 aromatic rings. The van der Waals surface area contributed by atoms with Gasteiger partial charge < -0.3 is 16.0 Å². The van der Waals surface area contributed by atoms with E-state index in [0.717, 1.165) is 31.7 Å². The Kier molecular flexibility index (Phi) is 3.36. The largest absolute Gasteiger partial charge is 0.353 e. The van der Waals surface area contributed by atoms with Gasteiger partial charge in [0.05, 0.1) is 5.69 Å². The molecule has 0 fully saturated rings. The molecule has 0 aromatic carbocycles. The van der Waals surface area contributed by atoms with Crippen LogP contribution >= 0.6 is 0 Å². The van der Waals surface area contributed by atoms with Crippen LogP contribution in [0.4, 0.5) is 5.95 Å². The van der Waals surface area contributed by atoms with Gasteiger partial charge in [-0.05, 0) is 14.0 Å². The van der Waals surface area contributed by atoms with Gasteiger partial charge in [-0.15, -0.1) is 0 Å². The van der Waals surface area contributed by atoms with Crippen molar-refractivity contribution in [1.82, 2.24) is 14.9 Å². The molecular formula is C11H19N5. The molecular weight excluding hydrogens is 202 g/mol. The first-order chi connectivity index (χ1) is 7.70. The molecule has 1 aliphatic heterocycles. The molecule has 0 saturated heterocycles. The molecule has 0 spiro atoms. The van der Waals surface area contributed by atoms with E-state index in [2.05, 4.69) is 27.2 Å². The number of aryl methyl sites for hydroxylation is 1. The van der Waals surface area contributed by atoms with Crippen LogP contribution in [0.5, 0.6) is 0 Å². The van der Waals surface area contributed by atoms with Gasteiger partial charge in [0.25, 0.3) is 0 Å². The minimum absolute atomic E-state index is 0.599. The first-order valence-corrected chi connectivity index (χ1v) is 5.69. The highest BCUT2D eigenvalue weighted by atomic mass is 15.1. The maximum atomic E-state index is 5.45. The maximum absolute atomic E-state index is 5.45. The molecule has 88 valence electrons. The summed E-state index contributed by atoms with van der Waals surface area (Å²) in [5.41, 5.74) is 8.99. The van der Waals surface area contributed by atoms with Crippen LogP contribution in [-0.2, 0) is 13.0 Å². The molecule has 0 unspecified atom stereocenters. The number of rotatable bonds is 3. The third kappa shape index (κ3) is 2.31. The molecule has 2 heterocycles. The van der Waals surface area contributed by atoms with Gasteiger partial charge in [0, 0.05) is 43.9 Å². The van der Waals surface area contributed by atoms with E-state index in [1.54, 1.807) is 0 Å². The minimum Gasteiger partial charge on any atom is -0.353 e. The van der Waals surface area contributed by atoms with Crippen LogP contribution in [0, 0.1) is 6.92 Å². The number of aromatic nitrogens is 2. The summed E-state index contributed by atoms with van der Waals surface area (Å²) in [4.78, 5) is 11.3. The second-order valence-corrected chi connectivity index (χ2v) is 4.26. The van der Waals surface area contributed by atoms with Crippen molar-refractivity contribution in [3.63, 3.8) is 0 Å². The van der Waals surface area contributed by atoms with Gasteiger partial charge in [-0.1, -0.05) is 0 Å². The van der Waals surface area contributed by atoms with E-state index in [1.807, 2.05) is 6.92 Å². The monoisotopic (exact) mass is 221 g/mol. The Hall–Kier alpha value is -1.20. The molecule has 5 heteroatoms. The summed E-state index contributed by atoms with van der Waals surface area (Å²) in [5, 5.41) is 3.14. The van der Waals surface area contributed by atoms with Crippen LogP contribution in [0.3, 0.4) is 0 Å². The van der Waals surface area contributed by atoms with Gasteiger partial charge in [0.2, 0.25) is 5.95 Å². The summed E-state index contributed by atoms with van der Waals surface area (Å²) in [6, 6.07) is 0. The van der Waals surface area contributed by atoms with Crippen molar-refractivity contribution in [2.75, 3.05) is 32.0 Å². The molecule has 1 aliphatic rings. The summed E-state index contributed by atoms with van der Waals surface area (Å²) >= 11 is 0. The average molecular weight is 221 g/mol. The SMILES string of the molecule is Cc1nc(NCCN)nc2c1CN(C)CC2. The van der Waals surface area contributed by atoms with Gasteiger partial charge in [0.1, 0.15) is 0 Å². The standard InChI is InChI=1S/C11H19N5/c1-8-9-7-16(2)6-3-10(9)15-11(14-8)13-5-4-12/h3-7,12H2,1-2H3,(H,13,14,15). The Bertz CT molecular complexity index is 377. The lowest BCUT2D eigenvalue weighted by Crippen LogP contribution is -2.29. The number of nitrogens with one attached hydrogen (secondary N) is 1. The van der Waals surface area contributed by atoms with Crippen LogP contribution in [0.25, 0.3) is 0 Å². The zero-order chi connectivity index (χ0) is 11.5. The van der Waals surface area contributed by atoms with E-state index in [-0.39, 0.29) is 0 Å². The van der Waals surface area contributed by atoms with E-state index < -0.39 is 0 Å². The van der Waals surface area contributed by atoms with Crippen molar-refractivity contribution in [1.29, 1.82) is 0 Å². The Labute approximate surface area is 96.1 Å². The zero-order valence-electron chi connectivity index (χ0n) is 9.95. The van der Waals surface area contributed by atoms with Crippen LogP contribution in [0.2, 0.25) is 0 Å². The van der Waals surface area contributed by atoms with Crippen molar-refractivity contribution in [2.24, 2.45) is 5.73 Å². The van der Waals surface area contributed by atoms with Gasteiger partial charge in [-0.3, -0.25) is 0 Å². The van der Waals surface area contributed by atoms with E-state index >= 15 is 0 Å². The molecule has 5 nitrogen and oxygen atoms in total. The van der Waals surface area contributed by atoms with Gasteiger partial charge >= 0.3 is 0 Å². The Morgan fingerprint density at radius 2 is 2.25 bits per heavy atom. The molecule has 0 amide bonds. The lowest BCUT2D eigenvalue weighted by molar-refractivity contribution is 0.308. The fraction of sp³-hybridized carbons (Fsp3) is 0.636. The summed E-state index contributed by atoms with van der Waals surface area (Å²) in [6.45, 7) is 5.39. The highest BCUT2D eigenvalue weighted by Crippen LogP contribution is 2.19. The molecule has 2 rings (SSSR count). The normalized spacial score (nSPS) is 15.9. The molecule has 1 aromatic heterocycles. The lowest BCUT2D eigenvalue weighted by atomic mass is 10.1. The molecule has 0 bridgehead atoms. The fourth-order valence-electron chi connectivity index (χ4n) is 1.98. The van der Waals surface area contributed by atoms with Crippen LogP contribution in [0.1, 0.15) is 17.0 Å². The predicted octanol–water partition coefficient (Wildman–Crippen LogP) is 0.144. The molecule has 0 aliphatic carbocycles. The first kappa shape index (κ1) is 11.3. The van der Waals surface area contributed by atoms with E-state index in [1.165, 1.54) is 11.3 Å². The second-order valence-electron chi connectivity index (χ2n) is 4.26. The van der Waals surface area contributed by atoms with Crippen molar-refractivity contribution in [3.05, 3.63) is 17.0 Å². The molecule has 0 radical (unpaired) electrons. The minimum atomic E-state index is 0.599. The number of hydrogen-bond donors (Lipinski definition) is 2. The summed E-state index contributed by atoms with van der Waals surface area (Å²) in [6.07, 6.45) is 1.01. The van der Waals surface area contributed by atoms with Gasteiger partial charge in [-0.2, -0.15) is 0 Å². The Morgan fingerprint density at radius 1 is 1.44 bits per heavy atom. The number of fused-ring (bicyclic) bond motifs is 1. The molecule has 0 atom stereocenters. The van der Waals surface area contributed by atoms with Crippen LogP contribution in [-0.4, -0.2) is 41.5 Å². The van der Waals surface area contributed by atoms with Crippen molar-refractivity contribution >= 4 is 5.95 Å². The van der Waals surface area contributed by atoms with E-state index in [0.29, 0.717) is 12.5 Å². The van der Waals surface area contributed by atoms with Crippen LogP contribution in [0.15, 0.2) is 0 Å². The number of anilines is 1. The number of likely N-dealkylation sites (N-methyl/N-ethyl adjacent to an activating group) is 1. The van der Waals surface area contributed by atoms with Crippen LogP contribution < -0.4 is 11.1 Å². The topological polar surface area (TPSA) is 67.1 Å². The highest BCUT2D eigenvalue weighted by molar-refractivity contribution is 5.35. The fourth-order valence-corrected chi connectivity index (χ4v) is 1.98. The molecule has 0 saturated carbocycles. The lowest BCUT2D eigenvalue weighted by Gasteiger charge is -2.25. The predicted molar refractivity (Wildman–Crippen MR) is 64.4 cm³/mol. The van der Waals surface area contributed by atoms with Crippen molar-refractivity contribution in [2.45, 2.75) is 19.9 Å². The quantitative estimate of drug-likeness (QED) is 0.760.